The van der Waals surface area contributed by atoms with Crippen LogP contribution in [-0.4, -0.2) is 11.1 Å². The molecular weight excluding hydrogens is 188 g/mol. The first-order chi connectivity index (χ1) is 6.43. The van der Waals surface area contributed by atoms with Crippen molar-refractivity contribution < 1.29 is 13.9 Å². The van der Waals surface area contributed by atoms with Gasteiger partial charge in [-0.25, -0.2) is 8.78 Å². The number of halogens is 2. The predicted octanol–water partition coefficient (Wildman–Crippen LogP) is 1.65. The average molecular weight is 201 g/mol. The lowest BCUT2D eigenvalue weighted by molar-refractivity contribution is 0.152. The summed E-state index contributed by atoms with van der Waals surface area (Å²) < 4.78 is 26.1. The minimum Gasteiger partial charge on any atom is -0.387 e. The minimum atomic E-state index is -1.04. The molecule has 1 rings (SSSR count). The monoisotopic (exact) mass is 201 g/mol. The Morgan fingerprint density at radius 3 is 2.07 bits per heavy atom. The Hall–Kier alpha value is -1.00. The second kappa shape index (κ2) is 4.02. The normalized spacial score (nSPS) is 15.3. The number of aliphatic hydroxyl groups excluding tert-OH is 1. The zero-order valence-electron chi connectivity index (χ0n) is 8.09. The van der Waals surface area contributed by atoms with Crippen LogP contribution in [0.2, 0.25) is 0 Å². The summed E-state index contributed by atoms with van der Waals surface area (Å²) >= 11 is 0. The van der Waals surface area contributed by atoms with Gasteiger partial charge in [-0.3, -0.25) is 0 Å². The second-order valence-electron chi connectivity index (χ2n) is 3.41. The first-order valence-corrected chi connectivity index (χ1v) is 4.32. The fourth-order valence-corrected chi connectivity index (χ4v) is 1.14. The van der Waals surface area contributed by atoms with Gasteiger partial charge in [0, 0.05) is 11.6 Å². The van der Waals surface area contributed by atoms with E-state index in [-0.39, 0.29) is 11.1 Å². The molecule has 0 amide bonds. The Bertz CT molecular complexity index is 316. The molecule has 2 nitrogen and oxygen atoms in total. The van der Waals surface area contributed by atoms with Crippen LogP contribution in [0.4, 0.5) is 8.78 Å². The van der Waals surface area contributed by atoms with Crippen LogP contribution in [0.5, 0.6) is 0 Å². The van der Waals surface area contributed by atoms with Gasteiger partial charge >= 0.3 is 0 Å². The van der Waals surface area contributed by atoms with Crippen molar-refractivity contribution in [1.29, 1.82) is 0 Å². The topological polar surface area (TPSA) is 46.2 Å². The molecule has 0 spiro atoms. The van der Waals surface area contributed by atoms with Crippen molar-refractivity contribution in [3.8, 4) is 0 Å². The lowest BCUT2D eigenvalue weighted by atomic mass is 10.0. The Kier molecular flexibility index (Phi) is 3.18. The van der Waals surface area contributed by atoms with Crippen molar-refractivity contribution in [2.75, 3.05) is 0 Å². The van der Waals surface area contributed by atoms with Gasteiger partial charge in [-0.15, -0.1) is 0 Å². The Balaban J connectivity index is 3.12. The maximum Gasteiger partial charge on any atom is 0.129 e. The summed E-state index contributed by atoms with van der Waals surface area (Å²) in [6, 6.07) is 1.65. The van der Waals surface area contributed by atoms with E-state index in [1.807, 2.05) is 0 Å². The summed E-state index contributed by atoms with van der Waals surface area (Å²) in [6.45, 7) is 2.91. The molecule has 0 aromatic heterocycles. The molecule has 0 aliphatic heterocycles. The highest BCUT2D eigenvalue weighted by Crippen LogP contribution is 2.21. The summed E-state index contributed by atoms with van der Waals surface area (Å²) in [7, 11) is 0. The summed E-state index contributed by atoms with van der Waals surface area (Å²) in [5, 5.41) is 9.48. The zero-order valence-corrected chi connectivity index (χ0v) is 8.09. The fourth-order valence-electron chi connectivity index (χ4n) is 1.14. The quantitative estimate of drug-likeness (QED) is 0.764. The van der Waals surface area contributed by atoms with Gasteiger partial charge in [0.25, 0.3) is 0 Å². The van der Waals surface area contributed by atoms with Gasteiger partial charge in [-0.2, -0.15) is 0 Å². The summed E-state index contributed by atoms with van der Waals surface area (Å²) in [5.74, 6) is -1.33. The molecule has 78 valence electrons. The van der Waals surface area contributed by atoms with E-state index in [2.05, 4.69) is 0 Å². The lowest BCUT2D eigenvalue weighted by Crippen LogP contribution is -2.24. The number of benzene rings is 1. The molecular formula is C10H13F2NO. The molecule has 3 N–H and O–H groups in total. The molecule has 0 aliphatic carbocycles. The smallest absolute Gasteiger partial charge is 0.129 e. The molecule has 0 saturated carbocycles. The molecule has 2 atom stereocenters. The summed E-state index contributed by atoms with van der Waals surface area (Å²) in [4.78, 5) is 0. The van der Waals surface area contributed by atoms with E-state index in [9.17, 15) is 13.9 Å². The van der Waals surface area contributed by atoms with Crippen LogP contribution in [0, 0.1) is 18.6 Å². The van der Waals surface area contributed by atoms with Crippen LogP contribution < -0.4 is 5.73 Å². The van der Waals surface area contributed by atoms with Crippen molar-refractivity contribution in [2.45, 2.75) is 26.0 Å². The van der Waals surface area contributed by atoms with E-state index >= 15 is 0 Å². The minimum absolute atomic E-state index is 0.0503. The Labute approximate surface area is 81.4 Å². The molecule has 0 saturated heterocycles. The zero-order chi connectivity index (χ0) is 10.9. The van der Waals surface area contributed by atoms with Crippen molar-refractivity contribution in [3.05, 3.63) is 34.9 Å². The molecule has 1 aromatic rings. The Morgan fingerprint density at radius 2 is 1.71 bits per heavy atom. The van der Waals surface area contributed by atoms with Crippen molar-refractivity contribution >= 4 is 0 Å². The van der Waals surface area contributed by atoms with Gasteiger partial charge in [-0.1, -0.05) is 0 Å². The molecule has 0 unspecified atom stereocenters. The van der Waals surface area contributed by atoms with Crippen molar-refractivity contribution in [3.63, 3.8) is 0 Å². The van der Waals surface area contributed by atoms with Crippen LogP contribution in [0.3, 0.4) is 0 Å². The van der Waals surface area contributed by atoms with E-state index in [0.29, 0.717) is 0 Å². The number of hydrogen-bond acceptors (Lipinski definition) is 2. The molecule has 0 radical (unpaired) electrons. The van der Waals surface area contributed by atoms with E-state index < -0.39 is 23.8 Å². The maximum atomic E-state index is 13.1. The summed E-state index contributed by atoms with van der Waals surface area (Å²) in [5.41, 5.74) is 5.53. The number of rotatable bonds is 2. The average Bonchev–Trinajstić information content (AvgIpc) is 2.12. The third-order valence-electron chi connectivity index (χ3n) is 2.14. The van der Waals surface area contributed by atoms with E-state index in [4.69, 9.17) is 5.73 Å². The van der Waals surface area contributed by atoms with Gasteiger partial charge in [-0.05, 0) is 31.5 Å². The second-order valence-corrected chi connectivity index (χ2v) is 3.41. The van der Waals surface area contributed by atoms with E-state index in [1.54, 1.807) is 6.92 Å². The first-order valence-electron chi connectivity index (χ1n) is 4.32. The van der Waals surface area contributed by atoms with Crippen molar-refractivity contribution in [1.82, 2.24) is 0 Å². The molecule has 0 aliphatic rings. The van der Waals surface area contributed by atoms with Gasteiger partial charge in [0.2, 0.25) is 0 Å². The number of nitrogens with two attached hydrogens (primary N) is 1. The molecule has 14 heavy (non-hydrogen) atoms. The van der Waals surface area contributed by atoms with Crippen LogP contribution in [0.15, 0.2) is 12.1 Å². The lowest BCUT2D eigenvalue weighted by Gasteiger charge is -2.15. The van der Waals surface area contributed by atoms with Crippen molar-refractivity contribution in [2.24, 2.45) is 5.73 Å². The van der Waals surface area contributed by atoms with Gasteiger partial charge < -0.3 is 10.8 Å². The molecule has 1 aromatic carbocycles. The molecule has 0 fully saturated rings. The van der Waals surface area contributed by atoms with E-state index in [1.165, 1.54) is 6.92 Å². The van der Waals surface area contributed by atoms with Gasteiger partial charge in [0.05, 0.1) is 6.10 Å². The number of hydrogen-bond donors (Lipinski definition) is 2. The van der Waals surface area contributed by atoms with Crippen LogP contribution in [0.25, 0.3) is 0 Å². The number of aliphatic hydroxyl groups is 1. The molecule has 0 heterocycles. The van der Waals surface area contributed by atoms with Crippen LogP contribution in [0.1, 0.15) is 24.2 Å². The predicted molar refractivity (Wildman–Crippen MR) is 49.7 cm³/mol. The highest BCUT2D eigenvalue weighted by Gasteiger charge is 2.16. The third kappa shape index (κ3) is 2.08. The van der Waals surface area contributed by atoms with Crippen LogP contribution in [-0.2, 0) is 0 Å². The van der Waals surface area contributed by atoms with Gasteiger partial charge in [0.15, 0.2) is 0 Å². The maximum absolute atomic E-state index is 13.1. The Morgan fingerprint density at radius 1 is 1.29 bits per heavy atom. The largest absolute Gasteiger partial charge is 0.387 e. The third-order valence-corrected chi connectivity index (χ3v) is 2.14. The summed E-state index contributed by atoms with van der Waals surface area (Å²) in [6.07, 6.45) is -1.04. The molecule has 4 heteroatoms. The van der Waals surface area contributed by atoms with E-state index in [0.717, 1.165) is 12.1 Å². The van der Waals surface area contributed by atoms with Crippen LogP contribution >= 0.6 is 0 Å². The SMILES string of the molecule is Cc1c(F)cc([C@@H](O)[C@H](C)N)cc1F. The first kappa shape index (κ1) is 11.1. The molecule has 0 bridgehead atoms. The standard InChI is InChI=1S/C10H13F2NO/c1-5-8(11)3-7(4-9(5)12)10(14)6(2)13/h3-4,6,10,14H,13H2,1-2H3/t6-,10-/m0/s1. The highest BCUT2D eigenvalue weighted by molar-refractivity contribution is 5.27. The van der Waals surface area contributed by atoms with Gasteiger partial charge in [0.1, 0.15) is 11.6 Å². The highest BCUT2D eigenvalue weighted by atomic mass is 19.1. The fraction of sp³-hybridized carbons (Fsp3) is 0.400.